The Morgan fingerprint density at radius 3 is 2.56 bits per heavy atom. The van der Waals surface area contributed by atoms with E-state index in [1.807, 2.05) is 24.5 Å². The van der Waals surface area contributed by atoms with E-state index < -0.39 is 0 Å². The molecule has 1 unspecified atom stereocenters. The predicted molar refractivity (Wildman–Crippen MR) is 113 cm³/mol. The molecule has 1 aliphatic heterocycles. The van der Waals surface area contributed by atoms with Crippen LogP contribution in [0.2, 0.25) is 0 Å². The molecule has 2 aromatic rings. The van der Waals surface area contributed by atoms with Crippen LogP contribution in [0.4, 0.5) is 5.69 Å². The van der Waals surface area contributed by atoms with E-state index in [4.69, 9.17) is 9.47 Å². The number of nitrogens with one attached hydrogen (secondary N) is 2. The average molecular weight is 389 g/mol. The van der Waals surface area contributed by atoms with Crippen molar-refractivity contribution in [1.82, 2.24) is 10.6 Å². The van der Waals surface area contributed by atoms with Gasteiger partial charge in [-0.2, -0.15) is 0 Å². The maximum Gasteiger partial charge on any atom is 0.191 e. The van der Waals surface area contributed by atoms with Crippen LogP contribution in [-0.4, -0.2) is 46.4 Å². The van der Waals surface area contributed by atoms with Crippen LogP contribution in [-0.2, 0) is 6.54 Å². The lowest BCUT2D eigenvalue weighted by Gasteiger charge is -2.21. The van der Waals surface area contributed by atoms with Gasteiger partial charge >= 0.3 is 0 Å². The number of aryl methyl sites for hydroxylation is 1. The van der Waals surface area contributed by atoms with Crippen molar-refractivity contribution in [3.63, 3.8) is 0 Å². The topological polar surface area (TPSA) is 58.1 Å². The van der Waals surface area contributed by atoms with Crippen LogP contribution in [0.15, 0.2) is 35.3 Å². The minimum Gasteiger partial charge on any atom is -0.497 e. The van der Waals surface area contributed by atoms with Crippen molar-refractivity contribution in [3.8, 4) is 11.5 Å². The van der Waals surface area contributed by atoms with Gasteiger partial charge in [0.25, 0.3) is 0 Å². The lowest BCUT2D eigenvalue weighted by Crippen LogP contribution is -2.44. The third-order valence-corrected chi connectivity index (χ3v) is 5.68. The van der Waals surface area contributed by atoms with E-state index in [1.54, 1.807) is 14.2 Å². The molecule has 1 aromatic heterocycles. The van der Waals surface area contributed by atoms with Crippen molar-refractivity contribution in [2.45, 2.75) is 25.9 Å². The Balaban J connectivity index is 1.57. The fourth-order valence-electron chi connectivity index (χ4n) is 3.23. The van der Waals surface area contributed by atoms with Crippen molar-refractivity contribution in [3.05, 3.63) is 40.1 Å². The third-order valence-electron chi connectivity index (χ3n) is 4.68. The Kier molecular flexibility index (Phi) is 6.45. The van der Waals surface area contributed by atoms with Gasteiger partial charge in [0.05, 0.1) is 20.8 Å². The normalized spacial score (nSPS) is 17.1. The first-order valence-electron chi connectivity index (χ1n) is 9.11. The molecule has 0 saturated carbocycles. The summed E-state index contributed by atoms with van der Waals surface area (Å²) in [6, 6.07) is 10.7. The maximum atomic E-state index is 5.39. The first-order chi connectivity index (χ1) is 13.1. The van der Waals surface area contributed by atoms with Gasteiger partial charge in [-0.15, -0.1) is 11.3 Å². The van der Waals surface area contributed by atoms with Gasteiger partial charge in [0.2, 0.25) is 0 Å². The Morgan fingerprint density at radius 1 is 1.22 bits per heavy atom. The van der Waals surface area contributed by atoms with E-state index in [2.05, 4.69) is 51.7 Å². The van der Waals surface area contributed by atoms with E-state index in [9.17, 15) is 0 Å². The van der Waals surface area contributed by atoms with Crippen molar-refractivity contribution in [2.75, 3.05) is 39.3 Å². The molecule has 0 bridgehead atoms. The molecule has 1 fully saturated rings. The number of nitrogens with zero attached hydrogens (tertiary/aromatic N) is 2. The van der Waals surface area contributed by atoms with Crippen LogP contribution >= 0.6 is 11.3 Å². The molecule has 2 N–H and O–H groups in total. The van der Waals surface area contributed by atoms with Crippen molar-refractivity contribution in [1.29, 1.82) is 0 Å². The number of aliphatic imine (C=N–C) groups is 1. The van der Waals surface area contributed by atoms with Gasteiger partial charge in [0, 0.05) is 59.8 Å². The smallest absolute Gasteiger partial charge is 0.191 e. The van der Waals surface area contributed by atoms with Crippen LogP contribution in [0.3, 0.4) is 0 Å². The summed E-state index contributed by atoms with van der Waals surface area (Å²) in [7, 11) is 5.17. The number of methoxy groups -OCH3 is 2. The zero-order chi connectivity index (χ0) is 19.2. The number of hydrogen-bond acceptors (Lipinski definition) is 5. The molecular formula is C20H28N4O2S. The lowest BCUT2D eigenvalue weighted by atomic mass is 10.2. The van der Waals surface area contributed by atoms with Crippen LogP contribution in [0, 0.1) is 6.92 Å². The number of thiophene rings is 1. The Hall–Kier alpha value is -2.41. The summed E-state index contributed by atoms with van der Waals surface area (Å²) in [6.07, 6.45) is 1.05. The maximum absolute atomic E-state index is 5.39. The SMILES string of the molecule is CN=C(NCc1ccc(C)s1)NC1CCN(c2cc(OC)cc(OC)c2)C1. The molecule has 0 amide bonds. The quantitative estimate of drug-likeness (QED) is 0.588. The monoisotopic (exact) mass is 388 g/mol. The fraction of sp³-hybridized carbons (Fsp3) is 0.450. The molecule has 6 nitrogen and oxygen atoms in total. The molecule has 3 rings (SSSR count). The molecule has 1 atom stereocenters. The first-order valence-corrected chi connectivity index (χ1v) is 9.93. The highest BCUT2D eigenvalue weighted by molar-refractivity contribution is 7.11. The van der Waals surface area contributed by atoms with E-state index >= 15 is 0 Å². The standard InChI is InChI=1S/C20H28N4O2S/c1-14-5-6-19(27-14)12-22-20(21-2)23-15-7-8-24(13-15)16-9-17(25-3)11-18(10-16)26-4/h5-6,9-11,15H,7-8,12-13H2,1-4H3,(H2,21,22,23). The molecule has 2 heterocycles. The van der Waals surface area contributed by atoms with E-state index in [0.29, 0.717) is 6.04 Å². The van der Waals surface area contributed by atoms with Gasteiger partial charge in [-0.1, -0.05) is 0 Å². The minimum absolute atomic E-state index is 0.346. The number of guanidine groups is 1. The van der Waals surface area contributed by atoms with Gasteiger partial charge in [-0.05, 0) is 25.5 Å². The molecule has 1 saturated heterocycles. The largest absolute Gasteiger partial charge is 0.497 e. The Morgan fingerprint density at radius 2 is 1.96 bits per heavy atom. The van der Waals surface area contributed by atoms with Crippen LogP contribution < -0.4 is 25.0 Å². The molecular weight excluding hydrogens is 360 g/mol. The zero-order valence-corrected chi connectivity index (χ0v) is 17.2. The van der Waals surface area contributed by atoms with E-state index in [0.717, 1.165) is 49.2 Å². The van der Waals surface area contributed by atoms with Crippen molar-refractivity contribution < 1.29 is 9.47 Å². The van der Waals surface area contributed by atoms with Gasteiger partial charge in [-0.25, -0.2) is 0 Å². The Bertz CT molecular complexity index is 768. The zero-order valence-electron chi connectivity index (χ0n) is 16.4. The number of benzene rings is 1. The number of hydrogen-bond donors (Lipinski definition) is 2. The van der Waals surface area contributed by atoms with Gasteiger partial charge < -0.3 is 25.0 Å². The average Bonchev–Trinajstić information content (AvgIpc) is 3.33. The summed E-state index contributed by atoms with van der Waals surface area (Å²) in [5.74, 6) is 2.46. The number of ether oxygens (including phenoxy) is 2. The second kappa shape index (κ2) is 8.99. The molecule has 146 valence electrons. The summed E-state index contributed by atoms with van der Waals surface area (Å²) in [5.41, 5.74) is 1.12. The van der Waals surface area contributed by atoms with Crippen LogP contribution in [0.1, 0.15) is 16.2 Å². The van der Waals surface area contributed by atoms with E-state index in [1.165, 1.54) is 9.75 Å². The number of rotatable bonds is 6. The van der Waals surface area contributed by atoms with E-state index in [-0.39, 0.29) is 0 Å². The fourth-order valence-corrected chi connectivity index (χ4v) is 4.06. The molecule has 0 radical (unpaired) electrons. The third kappa shape index (κ3) is 5.07. The summed E-state index contributed by atoms with van der Waals surface area (Å²) >= 11 is 1.81. The summed E-state index contributed by atoms with van der Waals surface area (Å²) in [6.45, 7) is 4.81. The number of anilines is 1. The molecule has 1 aliphatic rings. The van der Waals surface area contributed by atoms with Gasteiger partial charge in [0.15, 0.2) is 5.96 Å². The van der Waals surface area contributed by atoms with Crippen molar-refractivity contribution in [2.24, 2.45) is 4.99 Å². The van der Waals surface area contributed by atoms with Gasteiger partial charge in [0.1, 0.15) is 11.5 Å². The second-order valence-corrected chi connectivity index (χ2v) is 7.96. The minimum atomic E-state index is 0.346. The first kappa shape index (κ1) is 19.4. The Labute approximate surface area is 165 Å². The summed E-state index contributed by atoms with van der Waals surface area (Å²) in [4.78, 5) is 9.35. The summed E-state index contributed by atoms with van der Waals surface area (Å²) < 4.78 is 10.8. The molecule has 0 aliphatic carbocycles. The lowest BCUT2D eigenvalue weighted by molar-refractivity contribution is 0.394. The van der Waals surface area contributed by atoms with Gasteiger partial charge in [-0.3, -0.25) is 4.99 Å². The second-order valence-electron chi connectivity index (χ2n) is 6.58. The highest BCUT2D eigenvalue weighted by Gasteiger charge is 2.24. The van der Waals surface area contributed by atoms with Crippen molar-refractivity contribution >= 4 is 23.0 Å². The molecule has 0 spiro atoms. The molecule has 27 heavy (non-hydrogen) atoms. The van der Waals surface area contributed by atoms with Crippen LogP contribution in [0.5, 0.6) is 11.5 Å². The summed E-state index contributed by atoms with van der Waals surface area (Å²) in [5, 5.41) is 6.95. The highest BCUT2D eigenvalue weighted by Crippen LogP contribution is 2.30. The highest BCUT2D eigenvalue weighted by atomic mass is 32.1. The predicted octanol–water partition coefficient (Wildman–Crippen LogP) is 3.02. The molecule has 1 aromatic carbocycles. The van der Waals surface area contributed by atoms with Crippen LogP contribution in [0.25, 0.3) is 0 Å². The molecule has 7 heteroatoms.